The van der Waals surface area contributed by atoms with Gasteiger partial charge in [-0.3, -0.25) is 0 Å². The molecule has 1 fully saturated rings. The van der Waals surface area contributed by atoms with E-state index >= 15 is 0 Å². The Bertz CT molecular complexity index is 557. The lowest BCUT2D eigenvalue weighted by molar-refractivity contribution is 0.0626. The van der Waals surface area contributed by atoms with Crippen molar-refractivity contribution in [2.24, 2.45) is 0 Å². The first-order valence-corrected chi connectivity index (χ1v) is 9.62. The number of sulfonamides is 1. The highest BCUT2D eigenvalue weighted by atomic mass is 79.9. The first-order chi connectivity index (χ1) is 9.49. The summed E-state index contributed by atoms with van der Waals surface area (Å²) < 4.78 is 33.8. The number of nitrogens with one attached hydrogen (secondary N) is 1. The van der Waals surface area contributed by atoms with Gasteiger partial charge in [0, 0.05) is 15.5 Å². The van der Waals surface area contributed by atoms with Crippen molar-refractivity contribution in [3.05, 3.63) is 27.1 Å². The number of benzene rings is 1. The van der Waals surface area contributed by atoms with Crippen molar-refractivity contribution in [1.29, 1.82) is 0 Å². The smallest absolute Gasteiger partial charge is 0.241 e. The van der Waals surface area contributed by atoms with Gasteiger partial charge in [0.25, 0.3) is 0 Å². The van der Waals surface area contributed by atoms with Crippen LogP contribution in [0.15, 0.2) is 32.0 Å². The van der Waals surface area contributed by atoms with Crippen molar-refractivity contribution < 1.29 is 13.2 Å². The Kier molecular flexibility index (Phi) is 6.04. The lowest BCUT2D eigenvalue weighted by atomic mass is 10.3. The maximum atomic E-state index is 12.2. The van der Waals surface area contributed by atoms with Crippen LogP contribution in [0.25, 0.3) is 0 Å². The maximum Gasteiger partial charge on any atom is 0.241 e. The monoisotopic (exact) mass is 425 g/mol. The molecular weight excluding hydrogens is 410 g/mol. The van der Waals surface area contributed by atoms with E-state index in [2.05, 4.69) is 36.6 Å². The van der Waals surface area contributed by atoms with Crippen LogP contribution >= 0.6 is 31.9 Å². The highest BCUT2D eigenvalue weighted by Gasteiger charge is 2.19. The molecule has 1 aromatic carbocycles. The number of rotatable bonds is 6. The third-order valence-electron chi connectivity index (χ3n) is 3.23. The second kappa shape index (κ2) is 7.35. The zero-order valence-electron chi connectivity index (χ0n) is 10.9. The predicted octanol–water partition coefficient (Wildman–Crippen LogP) is 3.45. The normalized spacial score (nSPS) is 16.7. The van der Waals surface area contributed by atoms with Crippen LogP contribution in [0.3, 0.4) is 0 Å². The molecule has 0 heterocycles. The van der Waals surface area contributed by atoms with E-state index in [9.17, 15) is 8.42 Å². The fourth-order valence-corrected chi connectivity index (χ4v) is 4.73. The third-order valence-corrected chi connectivity index (χ3v) is 6.18. The summed E-state index contributed by atoms with van der Waals surface area (Å²) in [7, 11) is -3.52. The minimum absolute atomic E-state index is 0.229. The molecule has 0 bridgehead atoms. The summed E-state index contributed by atoms with van der Waals surface area (Å²) in [5.74, 6) is 0. The number of hydrogen-bond donors (Lipinski definition) is 1. The van der Waals surface area contributed by atoms with Gasteiger partial charge >= 0.3 is 0 Å². The third kappa shape index (κ3) is 4.53. The molecule has 1 aromatic rings. The maximum absolute atomic E-state index is 12.2. The van der Waals surface area contributed by atoms with Crippen molar-refractivity contribution >= 4 is 41.9 Å². The van der Waals surface area contributed by atoms with E-state index in [0.717, 1.165) is 17.3 Å². The Balaban J connectivity index is 1.88. The van der Waals surface area contributed by atoms with Crippen LogP contribution in [0.4, 0.5) is 0 Å². The molecule has 0 radical (unpaired) electrons. The SMILES string of the molecule is O=S(=O)(NCCOC1CCCC1)c1cc(Br)ccc1Br. The Hall–Kier alpha value is 0.0500. The lowest BCUT2D eigenvalue weighted by Gasteiger charge is -2.12. The molecule has 0 saturated heterocycles. The van der Waals surface area contributed by atoms with Crippen molar-refractivity contribution in [3.8, 4) is 0 Å². The highest BCUT2D eigenvalue weighted by Crippen LogP contribution is 2.25. The van der Waals surface area contributed by atoms with Crippen LogP contribution in [0.1, 0.15) is 25.7 Å². The van der Waals surface area contributed by atoms with E-state index in [-0.39, 0.29) is 11.4 Å². The summed E-state index contributed by atoms with van der Waals surface area (Å²) >= 11 is 6.54. The van der Waals surface area contributed by atoms with Crippen LogP contribution in [-0.4, -0.2) is 27.7 Å². The standard InChI is InChI=1S/C13H17Br2NO3S/c14-10-5-6-12(15)13(9-10)20(17,18)16-7-8-19-11-3-1-2-4-11/h5-6,9,11,16H,1-4,7-8H2. The molecule has 112 valence electrons. The molecule has 1 N–H and O–H groups in total. The molecule has 2 rings (SSSR count). The molecule has 0 spiro atoms. The van der Waals surface area contributed by atoms with E-state index in [1.165, 1.54) is 12.8 Å². The van der Waals surface area contributed by atoms with Crippen molar-refractivity contribution in [3.63, 3.8) is 0 Å². The minimum Gasteiger partial charge on any atom is -0.377 e. The van der Waals surface area contributed by atoms with Crippen molar-refractivity contribution in [2.45, 2.75) is 36.7 Å². The Morgan fingerprint density at radius 1 is 1.25 bits per heavy atom. The first-order valence-electron chi connectivity index (χ1n) is 6.55. The van der Waals surface area contributed by atoms with Gasteiger partial charge in [-0.2, -0.15) is 0 Å². The van der Waals surface area contributed by atoms with Crippen LogP contribution in [0.2, 0.25) is 0 Å². The van der Waals surface area contributed by atoms with Gasteiger partial charge < -0.3 is 4.74 Å². The Labute approximate surface area is 136 Å². The fraction of sp³-hybridized carbons (Fsp3) is 0.538. The summed E-state index contributed by atoms with van der Waals surface area (Å²) in [4.78, 5) is 0.229. The largest absolute Gasteiger partial charge is 0.377 e. The van der Waals surface area contributed by atoms with E-state index in [4.69, 9.17) is 4.74 Å². The molecule has 1 saturated carbocycles. The molecule has 0 atom stereocenters. The molecule has 4 nitrogen and oxygen atoms in total. The quantitative estimate of drug-likeness (QED) is 0.708. The van der Waals surface area contributed by atoms with E-state index in [1.54, 1.807) is 18.2 Å². The topological polar surface area (TPSA) is 55.4 Å². The van der Waals surface area contributed by atoms with Gasteiger partial charge in [-0.25, -0.2) is 13.1 Å². The molecule has 1 aliphatic rings. The van der Waals surface area contributed by atoms with Crippen LogP contribution in [-0.2, 0) is 14.8 Å². The summed E-state index contributed by atoms with van der Waals surface area (Å²) in [6.45, 7) is 0.702. The predicted molar refractivity (Wildman–Crippen MR) is 85.2 cm³/mol. The highest BCUT2D eigenvalue weighted by molar-refractivity contribution is 9.11. The van der Waals surface area contributed by atoms with Gasteiger partial charge in [0.15, 0.2) is 0 Å². The van der Waals surface area contributed by atoms with E-state index < -0.39 is 10.0 Å². The van der Waals surface area contributed by atoms with Gasteiger partial charge in [0.1, 0.15) is 0 Å². The van der Waals surface area contributed by atoms with Crippen LogP contribution in [0.5, 0.6) is 0 Å². The van der Waals surface area contributed by atoms with Crippen molar-refractivity contribution in [2.75, 3.05) is 13.2 Å². The van der Waals surface area contributed by atoms with Gasteiger partial charge in [-0.05, 0) is 47.0 Å². The molecule has 1 aliphatic carbocycles. The van der Waals surface area contributed by atoms with Gasteiger partial charge in [-0.1, -0.05) is 28.8 Å². The second-order valence-electron chi connectivity index (χ2n) is 4.75. The number of hydrogen-bond acceptors (Lipinski definition) is 3. The fourth-order valence-electron chi connectivity index (χ4n) is 2.22. The second-order valence-corrected chi connectivity index (χ2v) is 8.26. The van der Waals surface area contributed by atoms with Gasteiger partial charge in [0.2, 0.25) is 10.0 Å². The molecule has 0 unspecified atom stereocenters. The Morgan fingerprint density at radius 3 is 2.65 bits per heavy atom. The Morgan fingerprint density at radius 2 is 1.95 bits per heavy atom. The van der Waals surface area contributed by atoms with E-state index in [1.807, 2.05) is 0 Å². The molecule has 0 aliphatic heterocycles. The molecule has 0 aromatic heterocycles. The zero-order valence-corrected chi connectivity index (χ0v) is 14.9. The number of halogens is 2. The molecule has 20 heavy (non-hydrogen) atoms. The van der Waals surface area contributed by atoms with Crippen LogP contribution < -0.4 is 4.72 Å². The average Bonchev–Trinajstić information content (AvgIpc) is 2.90. The molecule has 7 heteroatoms. The minimum atomic E-state index is -3.52. The first kappa shape index (κ1) is 16.4. The van der Waals surface area contributed by atoms with Crippen LogP contribution in [0, 0.1) is 0 Å². The van der Waals surface area contributed by atoms with Gasteiger partial charge in [-0.15, -0.1) is 0 Å². The molecule has 0 amide bonds. The van der Waals surface area contributed by atoms with Crippen molar-refractivity contribution in [1.82, 2.24) is 4.72 Å². The average molecular weight is 427 g/mol. The summed E-state index contributed by atoms with van der Waals surface area (Å²) in [6, 6.07) is 5.06. The van der Waals surface area contributed by atoms with Gasteiger partial charge in [0.05, 0.1) is 17.6 Å². The van der Waals surface area contributed by atoms with E-state index in [0.29, 0.717) is 17.2 Å². The summed E-state index contributed by atoms with van der Waals surface area (Å²) in [5, 5.41) is 0. The summed E-state index contributed by atoms with van der Waals surface area (Å²) in [5.41, 5.74) is 0. The zero-order chi connectivity index (χ0) is 14.6. The number of ether oxygens (including phenoxy) is 1. The molecular formula is C13H17Br2NO3S. The summed E-state index contributed by atoms with van der Waals surface area (Å²) in [6.07, 6.45) is 4.90. The lowest BCUT2D eigenvalue weighted by Crippen LogP contribution is -2.28.